The van der Waals surface area contributed by atoms with Gasteiger partial charge in [-0.05, 0) is 35.4 Å². The number of aromatic hydroxyl groups is 1. The number of rotatable bonds is 8. The molecule has 1 aliphatic heterocycles. The van der Waals surface area contributed by atoms with Gasteiger partial charge in [0.1, 0.15) is 11.0 Å². The molecule has 1 fully saturated rings. The Balaban J connectivity index is 1.39. The topological polar surface area (TPSA) is 111 Å². The van der Waals surface area contributed by atoms with Gasteiger partial charge < -0.3 is 10.4 Å². The van der Waals surface area contributed by atoms with E-state index in [2.05, 4.69) is 22.4 Å². The highest BCUT2D eigenvalue weighted by atomic mass is 32.2. The van der Waals surface area contributed by atoms with Gasteiger partial charge in [0.2, 0.25) is 11.8 Å². The number of carbonyl (C=O) groups is 3. The normalized spacial score (nSPS) is 16.1. The molecule has 0 bridgehead atoms. The zero-order valence-electron chi connectivity index (χ0n) is 19.3. The van der Waals surface area contributed by atoms with E-state index in [1.165, 1.54) is 23.1 Å². The quantitative estimate of drug-likeness (QED) is 0.317. The smallest absolute Gasteiger partial charge is 0.275 e. The number of amides is 3. The number of anilines is 1. The molecule has 1 heterocycles. The molecule has 8 nitrogen and oxygen atoms in total. The molecule has 1 saturated heterocycles. The Kier molecular flexibility index (Phi) is 7.82. The number of thioether (sulfide) groups is 1. The summed E-state index contributed by atoms with van der Waals surface area (Å²) in [5, 5.41) is 16.3. The molecule has 0 saturated carbocycles. The Hall–Kier alpha value is -4.37. The van der Waals surface area contributed by atoms with Crippen molar-refractivity contribution in [3.05, 3.63) is 97.1 Å². The fourth-order valence-electron chi connectivity index (χ4n) is 3.60. The Morgan fingerprint density at radius 2 is 1.67 bits per heavy atom. The summed E-state index contributed by atoms with van der Waals surface area (Å²) in [6.07, 6.45) is 1.47. The van der Waals surface area contributed by atoms with Crippen LogP contribution in [0.5, 0.6) is 5.75 Å². The fraction of sp³-hybridized carbons (Fsp3) is 0.111. The number of benzene rings is 3. The van der Waals surface area contributed by atoms with Crippen LogP contribution in [0.15, 0.2) is 96.6 Å². The molecule has 182 valence electrons. The number of nitrogens with one attached hydrogen (secondary N) is 2. The van der Waals surface area contributed by atoms with Gasteiger partial charge in [0.15, 0.2) is 5.17 Å². The maximum atomic E-state index is 12.9. The summed E-state index contributed by atoms with van der Waals surface area (Å²) in [5.74, 6) is -1.41. The molecule has 4 rings (SSSR count). The zero-order valence-corrected chi connectivity index (χ0v) is 20.1. The van der Waals surface area contributed by atoms with Crippen LogP contribution in [0.25, 0.3) is 11.1 Å². The number of phenols is 1. The van der Waals surface area contributed by atoms with Gasteiger partial charge in [0, 0.05) is 18.7 Å². The molecule has 36 heavy (non-hydrogen) atoms. The van der Waals surface area contributed by atoms with E-state index in [-0.39, 0.29) is 41.3 Å². The first-order chi connectivity index (χ1) is 17.5. The van der Waals surface area contributed by atoms with E-state index >= 15 is 0 Å². The van der Waals surface area contributed by atoms with E-state index in [0.717, 1.165) is 22.9 Å². The summed E-state index contributed by atoms with van der Waals surface area (Å²) in [7, 11) is 0. The maximum Gasteiger partial charge on any atom is 0.275 e. The fourth-order valence-corrected chi connectivity index (χ4v) is 4.71. The van der Waals surface area contributed by atoms with Crippen LogP contribution in [-0.2, 0) is 9.59 Å². The number of hydrogen-bond donors (Lipinski definition) is 3. The van der Waals surface area contributed by atoms with E-state index in [1.54, 1.807) is 12.1 Å². The van der Waals surface area contributed by atoms with Gasteiger partial charge in [-0.2, -0.15) is 0 Å². The Morgan fingerprint density at radius 3 is 2.36 bits per heavy atom. The number of nitrogens with zero attached hydrogens (tertiary/aromatic N) is 2. The van der Waals surface area contributed by atoms with Gasteiger partial charge in [-0.15, -0.1) is 11.7 Å². The van der Waals surface area contributed by atoms with E-state index in [9.17, 15) is 19.5 Å². The molecular formula is C27H24N4O4S. The lowest BCUT2D eigenvalue weighted by Gasteiger charge is -2.13. The van der Waals surface area contributed by atoms with Gasteiger partial charge in [-0.25, -0.2) is 5.43 Å². The molecule has 1 atom stereocenters. The Bertz CT molecular complexity index is 1310. The van der Waals surface area contributed by atoms with Gasteiger partial charge >= 0.3 is 0 Å². The second-order valence-corrected chi connectivity index (χ2v) is 9.06. The van der Waals surface area contributed by atoms with E-state index in [0.29, 0.717) is 5.69 Å². The molecule has 3 amide bonds. The number of hydrogen-bond acceptors (Lipinski definition) is 6. The summed E-state index contributed by atoms with van der Waals surface area (Å²) in [6, 6.07) is 23.4. The molecule has 1 aliphatic rings. The highest BCUT2D eigenvalue weighted by Gasteiger charge is 2.39. The first kappa shape index (κ1) is 24.7. The SMILES string of the molecule is C=CCN1C(=O)C(CC(=O)Nc2ccc(-c3ccccc3)cc2)SC1=NNC(=O)c1ccccc1O. The molecule has 0 aliphatic carbocycles. The largest absolute Gasteiger partial charge is 0.507 e. The van der Waals surface area contributed by atoms with Crippen LogP contribution >= 0.6 is 11.8 Å². The molecule has 3 N–H and O–H groups in total. The molecule has 1 unspecified atom stereocenters. The van der Waals surface area contributed by atoms with E-state index in [4.69, 9.17) is 0 Å². The summed E-state index contributed by atoms with van der Waals surface area (Å²) in [4.78, 5) is 39.3. The van der Waals surface area contributed by atoms with E-state index in [1.807, 2.05) is 54.6 Å². The lowest BCUT2D eigenvalue weighted by atomic mass is 10.1. The summed E-state index contributed by atoms with van der Waals surface area (Å²) < 4.78 is 0. The van der Waals surface area contributed by atoms with Crippen molar-refractivity contribution < 1.29 is 19.5 Å². The average Bonchev–Trinajstić information content (AvgIpc) is 3.18. The second kappa shape index (κ2) is 11.4. The van der Waals surface area contributed by atoms with Crippen molar-refractivity contribution in [1.82, 2.24) is 10.3 Å². The molecule has 0 aromatic heterocycles. The first-order valence-electron chi connectivity index (χ1n) is 11.2. The van der Waals surface area contributed by atoms with Crippen molar-refractivity contribution in [3.8, 4) is 16.9 Å². The zero-order chi connectivity index (χ0) is 25.5. The first-order valence-corrected chi connectivity index (χ1v) is 12.0. The molecule has 0 spiro atoms. The standard InChI is InChI=1S/C27H24N4O4S/c1-2-16-31-26(35)23(36-27(31)30-29-25(34)21-10-6-7-11-22(21)32)17-24(33)28-20-14-12-19(13-15-20)18-8-4-3-5-9-18/h2-15,23,32H,1,16-17H2,(H,28,33)(H,29,34). The molecule has 9 heteroatoms. The lowest BCUT2D eigenvalue weighted by molar-refractivity contribution is -0.127. The van der Waals surface area contributed by atoms with Gasteiger partial charge in [-0.3, -0.25) is 19.3 Å². The predicted octanol–water partition coefficient (Wildman–Crippen LogP) is 4.22. The molecule has 3 aromatic rings. The van der Waals surface area contributed by atoms with E-state index < -0.39 is 11.2 Å². The Morgan fingerprint density at radius 1 is 1.00 bits per heavy atom. The van der Waals surface area contributed by atoms with Crippen molar-refractivity contribution in [2.45, 2.75) is 11.7 Å². The van der Waals surface area contributed by atoms with Crippen LogP contribution in [0.1, 0.15) is 16.8 Å². The van der Waals surface area contributed by atoms with Crippen molar-refractivity contribution in [2.24, 2.45) is 5.10 Å². The van der Waals surface area contributed by atoms with Gasteiger partial charge in [0.05, 0.1) is 5.56 Å². The Labute approximate surface area is 212 Å². The highest BCUT2D eigenvalue weighted by molar-refractivity contribution is 8.15. The summed E-state index contributed by atoms with van der Waals surface area (Å²) in [5.41, 5.74) is 5.15. The number of carbonyl (C=O) groups excluding carboxylic acids is 3. The van der Waals surface area contributed by atoms with Crippen LogP contribution in [0.2, 0.25) is 0 Å². The van der Waals surface area contributed by atoms with Crippen molar-refractivity contribution in [2.75, 3.05) is 11.9 Å². The maximum absolute atomic E-state index is 12.9. The molecular weight excluding hydrogens is 476 g/mol. The van der Waals surface area contributed by atoms with Crippen LogP contribution < -0.4 is 10.7 Å². The number of hydrazone groups is 1. The van der Waals surface area contributed by atoms with Gasteiger partial charge in [0.25, 0.3) is 5.91 Å². The third-order valence-electron chi connectivity index (χ3n) is 5.38. The van der Waals surface area contributed by atoms with Crippen molar-refractivity contribution >= 4 is 40.3 Å². The van der Waals surface area contributed by atoms with Crippen LogP contribution in [-0.4, -0.2) is 44.7 Å². The van der Waals surface area contributed by atoms with Crippen LogP contribution in [0, 0.1) is 0 Å². The third kappa shape index (κ3) is 5.81. The van der Waals surface area contributed by atoms with Crippen LogP contribution in [0.4, 0.5) is 5.69 Å². The predicted molar refractivity (Wildman–Crippen MR) is 141 cm³/mol. The third-order valence-corrected chi connectivity index (χ3v) is 6.56. The highest BCUT2D eigenvalue weighted by Crippen LogP contribution is 2.30. The minimum Gasteiger partial charge on any atom is -0.507 e. The number of amidine groups is 1. The minimum atomic E-state index is -0.700. The van der Waals surface area contributed by atoms with Crippen molar-refractivity contribution in [1.29, 1.82) is 0 Å². The number of phenolic OH excluding ortho intramolecular Hbond substituents is 1. The minimum absolute atomic E-state index is 0.0562. The second-order valence-electron chi connectivity index (χ2n) is 7.89. The summed E-state index contributed by atoms with van der Waals surface area (Å²) >= 11 is 1.09. The lowest BCUT2D eigenvalue weighted by Crippen LogP contribution is -2.34. The average molecular weight is 501 g/mol. The van der Waals surface area contributed by atoms with Gasteiger partial charge in [-0.1, -0.05) is 72.4 Å². The molecule has 3 aromatic carbocycles. The molecule has 0 radical (unpaired) electrons. The van der Waals surface area contributed by atoms with Crippen LogP contribution in [0.3, 0.4) is 0 Å². The van der Waals surface area contributed by atoms with Crippen molar-refractivity contribution in [3.63, 3.8) is 0 Å². The summed E-state index contributed by atoms with van der Waals surface area (Å²) in [6.45, 7) is 3.84. The monoisotopic (exact) mass is 500 g/mol. The number of para-hydroxylation sites is 1.